The number of rotatable bonds is 2. The Morgan fingerprint density at radius 3 is 2.32 bits per heavy atom. The molecule has 3 heteroatoms. The van der Waals surface area contributed by atoms with Crippen molar-refractivity contribution in [2.45, 2.75) is 6.92 Å². The molecule has 0 atom stereocenters. The molecule has 3 rings (SSSR count). The Morgan fingerprint density at radius 2 is 1.63 bits per heavy atom. The molecule has 3 nitrogen and oxygen atoms in total. The summed E-state index contributed by atoms with van der Waals surface area (Å²) in [5, 5.41) is 4.56. The Kier molecular flexibility index (Phi) is 2.80. The number of aromatic nitrogens is 2. The zero-order valence-electron chi connectivity index (χ0n) is 10.7. The molecule has 1 heterocycles. The molecule has 0 amide bonds. The second-order valence-electron chi connectivity index (χ2n) is 4.54. The van der Waals surface area contributed by atoms with E-state index in [2.05, 4.69) is 23.3 Å². The standard InChI is InChI=1S/C16H15N3/c1-12-11-16(13-5-3-2-4-6-13)19(18-12)15-9-7-14(17)8-10-15/h2-11H,17H2,1H3. The lowest BCUT2D eigenvalue weighted by molar-refractivity contribution is 0.869. The lowest BCUT2D eigenvalue weighted by Gasteiger charge is -2.07. The highest BCUT2D eigenvalue weighted by atomic mass is 15.3. The summed E-state index contributed by atoms with van der Waals surface area (Å²) in [6.07, 6.45) is 0. The maximum atomic E-state index is 5.73. The van der Waals surface area contributed by atoms with Crippen molar-refractivity contribution in [3.05, 3.63) is 66.4 Å². The van der Waals surface area contributed by atoms with Gasteiger partial charge in [-0.25, -0.2) is 4.68 Å². The molecule has 0 bridgehead atoms. The number of hydrogen-bond acceptors (Lipinski definition) is 2. The number of nitrogens with zero attached hydrogens (tertiary/aromatic N) is 2. The number of nitrogen functional groups attached to an aromatic ring is 1. The van der Waals surface area contributed by atoms with Gasteiger partial charge in [-0.2, -0.15) is 5.10 Å². The first-order valence-corrected chi connectivity index (χ1v) is 6.22. The van der Waals surface area contributed by atoms with Crippen LogP contribution in [0, 0.1) is 6.92 Å². The SMILES string of the molecule is Cc1cc(-c2ccccc2)n(-c2ccc(N)cc2)n1. The summed E-state index contributed by atoms with van der Waals surface area (Å²) < 4.78 is 1.95. The fraction of sp³-hybridized carbons (Fsp3) is 0.0625. The number of benzene rings is 2. The second-order valence-corrected chi connectivity index (χ2v) is 4.54. The number of anilines is 1. The zero-order chi connectivity index (χ0) is 13.2. The highest BCUT2D eigenvalue weighted by Gasteiger charge is 2.09. The van der Waals surface area contributed by atoms with Gasteiger partial charge < -0.3 is 5.73 Å². The van der Waals surface area contributed by atoms with Crippen LogP contribution in [0.1, 0.15) is 5.69 Å². The van der Waals surface area contributed by atoms with Gasteiger partial charge in [0.1, 0.15) is 0 Å². The Bertz CT molecular complexity index is 682. The van der Waals surface area contributed by atoms with Crippen LogP contribution in [0.3, 0.4) is 0 Å². The molecule has 94 valence electrons. The molecule has 0 aliphatic rings. The van der Waals surface area contributed by atoms with Crippen LogP contribution >= 0.6 is 0 Å². The lowest BCUT2D eigenvalue weighted by atomic mass is 10.1. The predicted octanol–water partition coefficient (Wildman–Crippen LogP) is 3.43. The molecule has 0 radical (unpaired) electrons. The van der Waals surface area contributed by atoms with Gasteiger partial charge in [0.15, 0.2) is 0 Å². The van der Waals surface area contributed by atoms with Gasteiger partial charge in [-0.1, -0.05) is 30.3 Å². The van der Waals surface area contributed by atoms with Crippen LogP contribution in [0.25, 0.3) is 16.9 Å². The molecule has 1 aromatic heterocycles. The summed E-state index contributed by atoms with van der Waals surface area (Å²) in [7, 11) is 0. The molecule has 0 saturated carbocycles. The van der Waals surface area contributed by atoms with Gasteiger partial charge in [0, 0.05) is 11.3 Å². The Labute approximate surface area is 112 Å². The Hall–Kier alpha value is -2.55. The quantitative estimate of drug-likeness (QED) is 0.707. The normalized spacial score (nSPS) is 10.6. The molecule has 0 unspecified atom stereocenters. The van der Waals surface area contributed by atoms with Crippen molar-refractivity contribution in [3.8, 4) is 16.9 Å². The third-order valence-corrected chi connectivity index (χ3v) is 3.04. The fourth-order valence-corrected chi connectivity index (χ4v) is 2.13. The van der Waals surface area contributed by atoms with Crippen LogP contribution in [-0.4, -0.2) is 9.78 Å². The van der Waals surface area contributed by atoms with E-state index in [4.69, 9.17) is 5.73 Å². The topological polar surface area (TPSA) is 43.8 Å². The lowest BCUT2D eigenvalue weighted by Crippen LogP contribution is -1.99. The smallest absolute Gasteiger partial charge is 0.0743 e. The first-order valence-electron chi connectivity index (χ1n) is 6.22. The van der Waals surface area contributed by atoms with Gasteiger partial charge in [0.25, 0.3) is 0 Å². The molecule has 0 aliphatic carbocycles. The minimum Gasteiger partial charge on any atom is -0.399 e. The van der Waals surface area contributed by atoms with E-state index in [1.54, 1.807) is 0 Å². The third-order valence-electron chi connectivity index (χ3n) is 3.04. The summed E-state index contributed by atoms with van der Waals surface area (Å²) >= 11 is 0. The maximum absolute atomic E-state index is 5.73. The largest absolute Gasteiger partial charge is 0.399 e. The predicted molar refractivity (Wildman–Crippen MR) is 78.1 cm³/mol. The average molecular weight is 249 g/mol. The van der Waals surface area contributed by atoms with Crippen molar-refractivity contribution < 1.29 is 0 Å². The Balaban J connectivity index is 2.15. The minimum absolute atomic E-state index is 0.758. The van der Waals surface area contributed by atoms with Gasteiger partial charge in [-0.3, -0.25) is 0 Å². The molecule has 19 heavy (non-hydrogen) atoms. The van der Waals surface area contributed by atoms with Crippen LogP contribution in [0.2, 0.25) is 0 Å². The maximum Gasteiger partial charge on any atom is 0.0743 e. The Morgan fingerprint density at radius 1 is 0.947 bits per heavy atom. The van der Waals surface area contributed by atoms with Crippen LogP contribution in [0.4, 0.5) is 5.69 Å². The van der Waals surface area contributed by atoms with Crippen molar-refractivity contribution in [1.82, 2.24) is 9.78 Å². The summed E-state index contributed by atoms with van der Waals surface area (Å²) in [5.74, 6) is 0. The average Bonchev–Trinajstić information content (AvgIpc) is 2.83. The van der Waals surface area contributed by atoms with E-state index in [-0.39, 0.29) is 0 Å². The molecule has 2 N–H and O–H groups in total. The van der Waals surface area contributed by atoms with E-state index >= 15 is 0 Å². The van der Waals surface area contributed by atoms with E-state index in [0.29, 0.717) is 0 Å². The first-order chi connectivity index (χ1) is 9.24. The number of nitrogens with two attached hydrogens (primary N) is 1. The molecular formula is C16H15N3. The molecule has 0 saturated heterocycles. The van der Waals surface area contributed by atoms with Gasteiger partial charge in [0.2, 0.25) is 0 Å². The molecule has 0 fully saturated rings. The summed E-state index contributed by atoms with van der Waals surface area (Å²) in [5.41, 5.74) is 10.7. The van der Waals surface area contributed by atoms with Crippen LogP contribution < -0.4 is 5.73 Å². The second kappa shape index (κ2) is 4.61. The fourth-order valence-electron chi connectivity index (χ4n) is 2.13. The van der Waals surface area contributed by atoms with Crippen molar-refractivity contribution in [1.29, 1.82) is 0 Å². The van der Waals surface area contributed by atoms with Crippen LogP contribution in [-0.2, 0) is 0 Å². The molecule has 3 aromatic rings. The summed E-state index contributed by atoms with van der Waals surface area (Å²) in [6, 6.07) is 20.1. The zero-order valence-corrected chi connectivity index (χ0v) is 10.7. The first kappa shape index (κ1) is 11.5. The molecule has 2 aromatic carbocycles. The van der Waals surface area contributed by atoms with Gasteiger partial charge in [0.05, 0.1) is 17.1 Å². The van der Waals surface area contributed by atoms with E-state index in [1.807, 2.05) is 54.1 Å². The van der Waals surface area contributed by atoms with E-state index in [9.17, 15) is 0 Å². The monoisotopic (exact) mass is 249 g/mol. The van der Waals surface area contributed by atoms with E-state index in [0.717, 1.165) is 28.3 Å². The molecule has 0 aliphatic heterocycles. The third kappa shape index (κ3) is 2.22. The summed E-state index contributed by atoms with van der Waals surface area (Å²) in [6.45, 7) is 2.00. The summed E-state index contributed by atoms with van der Waals surface area (Å²) in [4.78, 5) is 0. The van der Waals surface area contributed by atoms with Crippen molar-refractivity contribution in [2.24, 2.45) is 0 Å². The highest BCUT2D eigenvalue weighted by molar-refractivity contribution is 5.63. The molecular weight excluding hydrogens is 234 g/mol. The van der Waals surface area contributed by atoms with Gasteiger partial charge in [-0.05, 0) is 37.3 Å². The highest BCUT2D eigenvalue weighted by Crippen LogP contribution is 2.24. The number of aryl methyl sites for hydroxylation is 1. The van der Waals surface area contributed by atoms with Crippen molar-refractivity contribution >= 4 is 5.69 Å². The van der Waals surface area contributed by atoms with Gasteiger partial charge >= 0.3 is 0 Å². The van der Waals surface area contributed by atoms with E-state index < -0.39 is 0 Å². The van der Waals surface area contributed by atoms with Crippen LogP contribution in [0.15, 0.2) is 60.7 Å². The van der Waals surface area contributed by atoms with Crippen molar-refractivity contribution in [3.63, 3.8) is 0 Å². The minimum atomic E-state index is 0.758. The molecule has 0 spiro atoms. The van der Waals surface area contributed by atoms with Gasteiger partial charge in [-0.15, -0.1) is 0 Å². The van der Waals surface area contributed by atoms with Crippen molar-refractivity contribution in [2.75, 3.05) is 5.73 Å². The van der Waals surface area contributed by atoms with E-state index in [1.165, 1.54) is 0 Å². The number of hydrogen-bond donors (Lipinski definition) is 1. The van der Waals surface area contributed by atoms with Crippen LogP contribution in [0.5, 0.6) is 0 Å².